The number of nitrogens with one attached hydrogen (secondary N) is 3. The Bertz CT molecular complexity index is 2710. The van der Waals surface area contributed by atoms with Gasteiger partial charge in [-0.25, -0.2) is 4.79 Å². The van der Waals surface area contributed by atoms with E-state index >= 15 is 0 Å². The van der Waals surface area contributed by atoms with Crippen LogP contribution in [0.25, 0.3) is 0 Å². The molecule has 0 radical (unpaired) electrons. The molecule has 0 bridgehead atoms. The molecule has 5 fully saturated rings. The van der Waals surface area contributed by atoms with Crippen molar-refractivity contribution in [2.45, 2.75) is 417 Å². The van der Waals surface area contributed by atoms with Crippen LogP contribution in [0.5, 0.6) is 0 Å². The van der Waals surface area contributed by atoms with Gasteiger partial charge in [0, 0.05) is 19.8 Å². The molecule has 5 rings (SSSR count). The van der Waals surface area contributed by atoms with E-state index in [1.54, 1.807) is 6.08 Å². The number of carbonyl (C=O) groups is 4. The van der Waals surface area contributed by atoms with Gasteiger partial charge in [-0.1, -0.05) is 205 Å². The SMILES string of the molecule is CCCCCCCC/C=C\CCCCCCCCCCCCCCCC(=O)N[C@@H](CO[C@@H]1OC(CO)[C@@H](O[C@@H]2OC(CO)[C@H](O[C@@H]3OC(CO)[C@H](O)[C@H](O[C@@H]4OC(CO)[C@H](O)[C@H](O[C@]5(C(=O)O)CC(O)[C@@H](NC(=O)CO)C([C@H](O)[C@H](O)CO)O5)C4O)C3NC(C)=O)[C@H](O)C2O)[C@H](O)C1O)[C@H](O)/C=C/CCCCCCCCCCCCC. The van der Waals surface area contributed by atoms with Crippen molar-refractivity contribution in [3.05, 3.63) is 24.3 Å². The number of aliphatic carboxylic acids is 1. The van der Waals surface area contributed by atoms with Gasteiger partial charge in [0.15, 0.2) is 25.2 Å². The van der Waals surface area contributed by atoms with Gasteiger partial charge >= 0.3 is 5.97 Å². The fourth-order valence-electron chi connectivity index (χ4n) is 15.4. The number of hydrogen-bond acceptors (Lipinski definition) is 31. The van der Waals surface area contributed by atoms with Crippen LogP contribution < -0.4 is 16.0 Å². The molecule has 10 unspecified atom stereocenters. The third-order valence-corrected chi connectivity index (χ3v) is 22.3. The zero-order valence-corrected chi connectivity index (χ0v) is 68.4. The number of unbranched alkanes of at least 4 members (excludes halogenated alkanes) is 30. The van der Waals surface area contributed by atoms with Crippen LogP contribution in [0.3, 0.4) is 0 Å². The first-order chi connectivity index (χ1) is 55.8. The van der Waals surface area contributed by atoms with Crippen molar-refractivity contribution in [1.29, 1.82) is 0 Å². The lowest BCUT2D eigenvalue weighted by atomic mass is 9.88. The molecular formula is C81H145N3O32. The van der Waals surface area contributed by atoms with Crippen molar-refractivity contribution >= 4 is 23.7 Å². The Kier molecular flexibility index (Phi) is 50.4. The lowest BCUT2D eigenvalue weighted by Crippen LogP contribution is -2.71. The normalized spacial score (nSPS) is 32.9. The molecule has 5 aliphatic heterocycles. The number of rotatable bonds is 60. The quantitative estimate of drug-likeness (QED) is 0.0296. The molecule has 28 atom stereocenters. The molecule has 0 spiro atoms. The molecular weight excluding hydrogens is 1530 g/mol. The zero-order valence-electron chi connectivity index (χ0n) is 68.4. The van der Waals surface area contributed by atoms with Crippen LogP contribution in [0.4, 0.5) is 0 Å². The van der Waals surface area contributed by atoms with Gasteiger partial charge in [-0.05, 0) is 44.9 Å². The number of carbonyl (C=O) groups excluding carboxylic acids is 3. The maximum atomic E-state index is 13.6. The van der Waals surface area contributed by atoms with E-state index in [4.69, 9.17) is 47.4 Å². The maximum absolute atomic E-state index is 13.6. The summed E-state index contributed by atoms with van der Waals surface area (Å²) in [4.78, 5) is 52.1. The summed E-state index contributed by atoms with van der Waals surface area (Å²) in [5.74, 6) is -7.83. The van der Waals surface area contributed by atoms with Crippen molar-refractivity contribution < 1.29 is 158 Å². The van der Waals surface area contributed by atoms with Crippen molar-refractivity contribution in [2.75, 3.05) is 46.2 Å². The molecule has 5 aliphatic rings. The van der Waals surface area contributed by atoms with Gasteiger partial charge in [0.1, 0.15) is 123 Å². The minimum Gasteiger partial charge on any atom is -0.477 e. The van der Waals surface area contributed by atoms with Crippen LogP contribution in [0.15, 0.2) is 24.3 Å². The molecule has 35 nitrogen and oxygen atoms in total. The summed E-state index contributed by atoms with van der Waals surface area (Å²) in [6.45, 7) is -1.64. The van der Waals surface area contributed by atoms with Crippen molar-refractivity contribution in [3.63, 3.8) is 0 Å². The van der Waals surface area contributed by atoms with Crippen LogP contribution in [-0.4, -0.2) is 333 Å². The molecule has 0 aromatic heterocycles. The Morgan fingerprint density at radius 2 is 0.871 bits per heavy atom. The smallest absolute Gasteiger partial charge is 0.364 e. The van der Waals surface area contributed by atoms with Gasteiger partial charge in [-0.2, -0.15) is 0 Å². The number of aliphatic hydroxyl groups excluding tert-OH is 17. The number of aliphatic hydroxyl groups is 17. The average molecular weight is 1670 g/mol. The molecule has 5 saturated heterocycles. The molecule has 3 amide bonds. The molecule has 35 heteroatoms. The Labute approximate surface area is 682 Å². The Balaban J connectivity index is 1.20. The molecule has 0 saturated carbocycles. The molecule has 0 aliphatic carbocycles. The van der Waals surface area contributed by atoms with E-state index in [0.29, 0.717) is 12.8 Å². The minimum atomic E-state index is -3.28. The zero-order chi connectivity index (χ0) is 85.1. The van der Waals surface area contributed by atoms with Gasteiger partial charge < -0.3 is 155 Å². The van der Waals surface area contributed by atoms with Gasteiger partial charge in [0.2, 0.25) is 17.7 Å². The summed E-state index contributed by atoms with van der Waals surface area (Å²) in [6.07, 6.45) is -3.13. The molecule has 676 valence electrons. The summed E-state index contributed by atoms with van der Waals surface area (Å²) in [6, 6.07) is -4.78. The largest absolute Gasteiger partial charge is 0.477 e. The highest BCUT2D eigenvalue weighted by molar-refractivity contribution is 5.78. The van der Waals surface area contributed by atoms with Crippen LogP contribution in [0.2, 0.25) is 0 Å². The number of carboxylic acids is 1. The molecule has 21 N–H and O–H groups in total. The molecule has 0 aromatic rings. The maximum Gasteiger partial charge on any atom is 0.364 e. The second kappa shape index (κ2) is 56.9. The first kappa shape index (κ1) is 103. The van der Waals surface area contributed by atoms with E-state index in [0.717, 1.165) is 58.3 Å². The van der Waals surface area contributed by atoms with E-state index in [2.05, 4.69) is 41.9 Å². The standard InChI is InChI=1S/C81H145N3O32/c1-4-6-8-10-12-14-16-18-19-20-21-22-23-24-25-26-27-29-31-33-35-37-39-41-59(95)83-51(52(92)40-38-36-34-32-30-28-17-15-13-11-9-7-5-2)49-107-77-68(102)66(100)72(57(46-88)110-77)113-78-69(103)67(101)71(58(47-89)111-78)112-76-62(82-50(3)91)73(64(98)55(44-86)108-76)114-79-70(104)75(65(99)56(45-87)109-79)116-81(80(105)106)42-53(93)61(84-60(96)48-90)74(115-81)63(97)54(94)43-85/h18-19,38,40,51-58,61-79,85-90,92-94,97-104H,4-17,20-37,39,41-49H2,1-3H3,(H,82,91)(H,83,95)(H,84,96)(H,105,106)/b19-18-,40-38+/t51-,52+,53?,54+,55?,56?,57?,58?,61+,62?,63+,64-,65-,66+,67+,68?,69?,70?,71-,72+,73+,74?,75-,76-,77+,78-,79-,81-/m0/s1. The van der Waals surface area contributed by atoms with E-state index in [9.17, 15) is 111 Å². The highest BCUT2D eigenvalue weighted by Gasteiger charge is 2.61. The topological polar surface area (TPSA) is 561 Å². The third-order valence-electron chi connectivity index (χ3n) is 22.3. The van der Waals surface area contributed by atoms with E-state index in [-0.39, 0.29) is 12.3 Å². The summed E-state index contributed by atoms with van der Waals surface area (Å²) in [7, 11) is 0. The monoisotopic (exact) mass is 1670 g/mol. The van der Waals surface area contributed by atoms with Crippen molar-refractivity contribution in [3.8, 4) is 0 Å². The van der Waals surface area contributed by atoms with Crippen molar-refractivity contribution in [2.24, 2.45) is 0 Å². The van der Waals surface area contributed by atoms with E-state index < -0.39 is 242 Å². The summed E-state index contributed by atoms with van der Waals surface area (Å²) in [5, 5.41) is 206. The highest BCUT2D eigenvalue weighted by Crippen LogP contribution is 2.40. The Morgan fingerprint density at radius 1 is 0.457 bits per heavy atom. The van der Waals surface area contributed by atoms with Crippen LogP contribution in [0, 0.1) is 0 Å². The van der Waals surface area contributed by atoms with Crippen LogP contribution in [-0.2, 0) is 66.5 Å². The van der Waals surface area contributed by atoms with Crippen LogP contribution in [0.1, 0.15) is 245 Å². The van der Waals surface area contributed by atoms with Gasteiger partial charge in [-0.15, -0.1) is 0 Å². The first-order valence-electron chi connectivity index (χ1n) is 42.9. The summed E-state index contributed by atoms with van der Waals surface area (Å²) >= 11 is 0. The second-order valence-corrected chi connectivity index (χ2v) is 31.8. The molecule has 5 heterocycles. The van der Waals surface area contributed by atoms with Crippen LogP contribution >= 0.6 is 0 Å². The second-order valence-electron chi connectivity index (χ2n) is 31.8. The highest BCUT2D eigenvalue weighted by atomic mass is 16.8. The van der Waals surface area contributed by atoms with Gasteiger partial charge in [-0.3, -0.25) is 14.4 Å². The fraction of sp³-hybridized carbons (Fsp3) is 0.901. The number of carboxylic acid groups (broad SMARTS) is 1. The van der Waals surface area contributed by atoms with Crippen molar-refractivity contribution in [1.82, 2.24) is 16.0 Å². The average Bonchev–Trinajstić information content (AvgIpc) is 0.754. The molecule has 116 heavy (non-hydrogen) atoms. The van der Waals surface area contributed by atoms with Gasteiger partial charge in [0.25, 0.3) is 5.79 Å². The van der Waals surface area contributed by atoms with Gasteiger partial charge in [0.05, 0.1) is 63.9 Å². The number of ether oxygens (including phenoxy) is 10. The Morgan fingerprint density at radius 3 is 1.34 bits per heavy atom. The number of hydrogen-bond donors (Lipinski definition) is 21. The number of amides is 3. The lowest BCUT2D eigenvalue weighted by molar-refractivity contribution is -0.389. The molecule has 0 aromatic carbocycles. The minimum absolute atomic E-state index is 0.171. The van der Waals surface area contributed by atoms with E-state index in [1.807, 2.05) is 6.08 Å². The lowest BCUT2D eigenvalue weighted by Gasteiger charge is -2.51. The third kappa shape index (κ3) is 33.5. The summed E-state index contributed by atoms with van der Waals surface area (Å²) in [5.41, 5.74) is 0. The number of allylic oxidation sites excluding steroid dienone is 3. The fourth-order valence-corrected chi connectivity index (χ4v) is 15.4. The Hall–Kier alpha value is -3.72. The van der Waals surface area contributed by atoms with E-state index in [1.165, 1.54) is 148 Å². The summed E-state index contributed by atoms with van der Waals surface area (Å²) < 4.78 is 58.9. The predicted molar refractivity (Wildman–Crippen MR) is 417 cm³/mol. The first-order valence-corrected chi connectivity index (χ1v) is 42.9. The predicted octanol–water partition coefficient (Wildman–Crippen LogP) is 0.827.